The van der Waals surface area contributed by atoms with Crippen LogP contribution in [0.3, 0.4) is 0 Å². The maximum absolute atomic E-state index is 13.1. The third kappa shape index (κ3) is 4.90. The minimum atomic E-state index is -0.330. The quantitative estimate of drug-likeness (QED) is 0.323. The molecule has 0 aliphatic rings. The highest BCUT2D eigenvalue weighted by molar-refractivity contribution is 5.94. The lowest BCUT2D eigenvalue weighted by molar-refractivity contribution is 0.0935. The van der Waals surface area contributed by atoms with Crippen molar-refractivity contribution in [2.45, 2.75) is 19.0 Å². The highest BCUT2D eigenvalue weighted by Crippen LogP contribution is 2.29. The number of nitrogen functional groups attached to an aromatic ring is 1. The van der Waals surface area contributed by atoms with E-state index in [1.54, 1.807) is 18.3 Å². The van der Waals surface area contributed by atoms with E-state index in [9.17, 15) is 4.79 Å². The summed E-state index contributed by atoms with van der Waals surface area (Å²) < 4.78 is 5.33. The molecule has 0 radical (unpaired) electrons. The van der Waals surface area contributed by atoms with Crippen LogP contribution in [0.1, 0.15) is 33.2 Å². The van der Waals surface area contributed by atoms with E-state index in [1.807, 2.05) is 72.8 Å². The number of carbonyl (C=O) groups excluding carboxylic acids is 1. The van der Waals surface area contributed by atoms with Crippen molar-refractivity contribution in [3.8, 4) is 11.1 Å². The van der Waals surface area contributed by atoms with Gasteiger partial charge in [-0.1, -0.05) is 53.7 Å². The van der Waals surface area contributed by atoms with Gasteiger partial charge < -0.3 is 21.3 Å². The fraction of sp³-hybridized carbons (Fsp3) is 0.107. The number of nitrogens with one attached hydrogen (secondary N) is 1. The summed E-state index contributed by atoms with van der Waals surface area (Å²) in [7, 11) is 0. The predicted molar refractivity (Wildman–Crippen MR) is 136 cm³/mol. The molecular weight excluding hydrogens is 438 g/mol. The Hall–Kier alpha value is -4.49. The number of hydrogen-bond acceptors (Lipinski definition) is 6. The number of nitrogens with zero attached hydrogens (tertiary/aromatic N) is 2. The van der Waals surface area contributed by atoms with Gasteiger partial charge in [0.15, 0.2) is 11.4 Å². The maximum Gasteiger partial charge on any atom is 0.251 e. The lowest BCUT2D eigenvalue weighted by Gasteiger charge is -2.19. The van der Waals surface area contributed by atoms with Crippen LogP contribution in [0.5, 0.6) is 0 Å². The molecule has 7 nitrogen and oxygen atoms in total. The molecular formula is C28H25N5O2. The Labute approximate surface area is 202 Å². The third-order valence-electron chi connectivity index (χ3n) is 6.01. The first kappa shape index (κ1) is 22.3. The van der Waals surface area contributed by atoms with Crippen LogP contribution < -0.4 is 16.8 Å². The van der Waals surface area contributed by atoms with E-state index in [2.05, 4.69) is 15.5 Å². The second kappa shape index (κ2) is 9.79. The number of benzene rings is 3. The summed E-state index contributed by atoms with van der Waals surface area (Å²) in [6, 6.07) is 26.7. The second-order valence-corrected chi connectivity index (χ2v) is 8.36. The molecule has 2 heterocycles. The van der Waals surface area contributed by atoms with Crippen LogP contribution in [0.2, 0.25) is 0 Å². The number of anilines is 1. The fourth-order valence-corrected chi connectivity index (χ4v) is 4.07. The monoisotopic (exact) mass is 463 g/mol. The van der Waals surface area contributed by atoms with Crippen molar-refractivity contribution in [3.63, 3.8) is 0 Å². The zero-order valence-electron chi connectivity index (χ0n) is 19.0. The van der Waals surface area contributed by atoms with Crippen LogP contribution in [-0.2, 0) is 13.0 Å². The predicted octanol–water partition coefficient (Wildman–Crippen LogP) is 4.64. The summed E-state index contributed by atoms with van der Waals surface area (Å²) in [6.07, 6.45) is 2.35. The number of hydrogen-bond donors (Lipinski definition) is 3. The normalized spacial score (nSPS) is 11.9. The SMILES string of the molecule is NCc1ccc(C(=O)NC(Cc2ccccc2)c2cc(-c3ccc4c(N)noc4c3)ccn2)cc1. The van der Waals surface area contributed by atoms with Crippen LogP contribution in [-0.4, -0.2) is 16.0 Å². The Bertz CT molecular complexity index is 1460. The summed E-state index contributed by atoms with van der Waals surface area (Å²) in [5.41, 5.74) is 17.5. The molecule has 35 heavy (non-hydrogen) atoms. The van der Waals surface area contributed by atoms with Crippen LogP contribution in [0.15, 0.2) is 95.6 Å². The molecule has 174 valence electrons. The van der Waals surface area contributed by atoms with Gasteiger partial charge in [-0.2, -0.15) is 0 Å². The molecule has 1 unspecified atom stereocenters. The molecule has 0 aliphatic carbocycles. The Balaban J connectivity index is 1.47. The van der Waals surface area contributed by atoms with E-state index in [0.717, 1.165) is 33.3 Å². The molecule has 1 atom stereocenters. The zero-order chi connectivity index (χ0) is 24.2. The van der Waals surface area contributed by atoms with Crippen molar-refractivity contribution in [2.24, 2.45) is 5.73 Å². The lowest BCUT2D eigenvalue weighted by atomic mass is 9.98. The summed E-state index contributed by atoms with van der Waals surface area (Å²) in [6.45, 7) is 0.432. The minimum absolute atomic E-state index is 0.166. The number of pyridine rings is 1. The highest BCUT2D eigenvalue weighted by atomic mass is 16.5. The van der Waals surface area contributed by atoms with Gasteiger partial charge in [0.25, 0.3) is 5.91 Å². The summed E-state index contributed by atoms with van der Waals surface area (Å²) in [4.78, 5) is 17.7. The van der Waals surface area contributed by atoms with Gasteiger partial charge in [0, 0.05) is 18.3 Å². The van der Waals surface area contributed by atoms with Gasteiger partial charge >= 0.3 is 0 Å². The number of fused-ring (bicyclic) bond motifs is 1. The molecule has 0 saturated heterocycles. The average Bonchev–Trinajstić information content (AvgIpc) is 3.29. The topological polar surface area (TPSA) is 120 Å². The third-order valence-corrected chi connectivity index (χ3v) is 6.01. The van der Waals surface area contributed by atoms with Crippen LogP contribution in [0, 0.1) is 0 Å². The maximum atomic E-state index is 13.1. The molecule has 0 bridgehead atoms. The molecule has 0 spiro atoms. The summed E-state index contributed by atoms with van der Waals surface area (Å²) >= 11 is 0. The van der Waals surface area contributed by atoms with Gasteiger partial charge in [0.2, 0.25) is 0 Å². The first-order chi connectivity index (χ1) is 17.1. The number of nitrogens with two attached hydrogens (primary N) is 2. The molecule has 5 rings (SSSR count). The van der Waals surface area contributed by atoms with Crippen molar-refractivity contribution in [1.82, 2.24) is 15.5 Å². The van der Waals surface area contributed by atoms with Gasteiger partial charge in [-0.15, -0.1) is 0 Å². The van der Waals surface area contributed by atoms with Crippen molar-refractivity contribution in [3.05, 3.63) is 114 Å². The first-order valence-electron chi connectivity index (χ1n) is 11.4. The summed E-state index contributed by atoms with van der Waals surface area (Å²) in [5.74, 6) is 0.201. The highest BCUT2D eigenvalue weighted by Gasteiger charge is 2.19. The van der Waals surface area contributed by atoms with E-state index in [0.29, 0.717) is 29.9 Å². The first-order valence-corrected chi connectivity index (χ1v) is 11.4. The van der Waals surface area contributed by atoms with Crippen LogP contribution in [0.25, 0.3) is 22.1 Å². The van der Waals surface area contributed by atoms with Crippen molar-refractivity contribution in [1.29, 1.82) is 0 Å². The zero-order valence-corrected chi connectivity index (χ0v) is 19.0. The van der Waals surface area contributed by atoms with Crippen molar-refractivity contribution >= 4 is 22.7 Å². The molecule has 3 aromatic carbocycles. The molecule has 7 heteroatoms. The van der Waals surface area contributed by atoms with Gasteiger partial charge in [0.05, 0.1) is 17.1 Å². The number of carbonyl (C=O) groups is 1. The van der Waals surface area contributed by atoms with Gasteiger partial charge in [-0.3, -0.25) is 9.78 Å². The Morgan fingerprint density at radius 2 is 1.69 bits per heavy atom. The van der Waals surface area contributed by atoms with Gasteiger partial charge in [-0.25, -0.2) is 0 Å². The number of rotatable bonds is 7. The van der Waals surface area contributed by atoms with E-state index in [-0.39, 0.29) is 11.9 Å². The summed E-state index contributed by atoms with van der Waals surface area (Å²) in [5, 5.41) is 7.78. The molecule has 5 N–H and O–H groups in total. The van der Waals surface area contributed by atoms with Crippen molar-refractivity contribution < 1.29 is 9.32 Å². The second-order valence-electron chi connectivity index (χ2n) is 8.36. The molecule has 1 amide bonds. The lowest BCUT2D eigenvalue weighted by Crippen LogP contribution is -2.30. The Kier molecular flexibility index (Phi) is 6.24. The smallest absolute Gasteiger partial charge is 0.251 e. The molecule has 5 aromatic rings. The largest absolute Gasteiger partial charge is 0.380 e. The van der Waals surface area contributed by atoms with Crippen molar-refractivity contribution in [2.75, 3.05) is 5.73 Å². The van der Waals surface area contributed by atoms with Crippen LogP contribution in [0.4, 0.5) is 5.82 Å². The van der Waals surface area contributed by atoms with Gasteiger partial charge in [-0.05, 0) is 65.1 Å². The standard InChI is InChI=1S/C28H25N5O2/c29-17-19-6-8-20(9-7-19)28(34)32-25(14-18-4-2-1-3-5-18)24-15-22(12-13-31-24)21-10-11-23-26(16-21)35-33-27(23)30/h1-13,15-16,25H,14,17,29H2,(H2,30,33)(H,32,34). The molecule has 0 aliphatic heterocycles. The molecule has 2 aromatic heterocycles. The van der Waals surface area contributed by atoms with E-state index in [1.165, 1.54) is 0 Å². The molecule has 0 saturated carbocycles. The molecule has 0 fully saturated rings. The number of aromatic nitrogens is 2. The fourth-order valence-electron chi connectivity index (χ4n) is 4.07. The van der Waals surface area contributed by atoms with Gasteiger partial charge in [0.1, 0.15) is 0 Å². The Morgan fingerprint density at radius 3 is 2.46 bits per heavy atom. The number of amides is 1. The average molecular weight is 464 g/mol. The minimum Gasteiger partial charge on any atom is -0.380 e. The van der Waals surface area contributed by atoms with E-state index in [4.69, 9.17) is 16.0 Å². The van der Waals surface area contributed by atoms with Crippen LogP contribution >= 0.6 is 0 Å². The Morgan fingerprint density at radius 1 is 0.914 bits per heavy atom. The van der Waals surface area contributed by atoms with E-state index >= 15 is 0 Å². The van der Waals surface area contributed by atoms with E-state index < -0.39 is 0 Å².